The zero-order chi connectivity index (χ0) is 18.8. The van der Waals surface area contributed by atoms with E-state index in [0.717, 1.165) is 11.1 Å². The number of fused-ring (bicyclic) bond motifs is 1. The molecule has 0 aliphatic carbocycles. The molecule has 3 aromatic rings. The van der Waals surface area contributed by atoms with Crippen LogP contribution in [0.5, 0.6) is 0 Å². The number of carboxylic acid groups (broad SMARTS) is 1. The number of carboxylic acids is 1. The van der Waals surface area contributed by atoms with Crippen molar-refractivity contribution < 1.29 is 15.0 Å². The van der Waals surface area contributed by atoms with Gasteiger partial charge in [-0.15, -0.1) is 0 Å². The van der Waals surface area contributed by atoms with Gasteiger partial charge >= 0.3 is 5.97 Å². The number of aliphatic hydroxyl groups is 1. The standard InChI is InChI=1S/C19H15Cl2NO4/c20-13-3-2-12(16(21)9-13)7-11-1-4-17-14(8-11)18(24)15(19(25)26)10-22(17)5-6-23/h1-4,8-10,23H,5-7H2,(H,25,26). The second-order valence-electron chi connectivity index (χ2n) is 5.86. The van der Waals surface area contributed by atoms with E-state index in [-0.39, 0.29) is 18.7 Å². The van der Waals surface area contributed by atoms with E-state index in [4.69, 9.17) is 23.2 Å². The van der Waals surface area contributed by atoms with E-state index in [1.165, 1.54) is 6.20 Å². The zero-order valence-corrected chi connectivity index (χ0v) is 15.1. The molecule has 1 aromatic heterocycles. The van der Waals surface area contributed by atoms with Gasteiger partial charge in [-0.3, -0.25) is 4.79 Å². The summed E-state index contributed by atoms with van der Waals surface area (Å²) in [5.74, 6) is -1.30. The maximum absolute atomic E-state index is 12.5. The Morgan fingerprint density at radius 1 is 1.12 bits per heavy atom. The average molecular weight is 392 g/mol. The van der Waals surface area contributed by atoms with Gasteiger partial charge in [0.05, 0.1) is 12.1 Å². The van der Waals surface area contributed by atoms with Crippen molar-refractivity contribution in [3.63, 3.8) is 0 Å². The van der Waals surface area contributed by atoms with E-state index < -0.39 is 11.4 Å². The molecule has 0 saturated heterocycles. The molecule has 0 unspecified atom stereocenters. The molecule has 0 amide bonds. The molecule has 2 aromatic carbocycles. The topological polar surface area (TPSA) is 79.5 Å². The van der Waals surface area contributed by atoms with Crippen molar-refractivity contribution in [2.24, 2.45) is 0 Å². The molecule has 0 spiro atoms. The molecule has 0 bridgehead atoms. The third-order valence-electron chi connectivity index (χ3n) is 4.13. The summed E-state index contributed by atoms with van der Waals surface area (Å²) < 4.78 is 1.57. The quantitative estimate of drug-likeness (QED) is 0.696. The summed E-state index contributed by atoms with van der Waals surface area (Å²) in [6.07, 6.45) is 1.74. The molecule has 0 atom stereocenters. The third-order valence-corrected chi connectivity index (χ3v) is 4.71. The van der Waals surface area contributed by atoms with Crippen LogP contribution in [0.2, 0.25) is 10.0 Å². The van der Waals surface area contributed by atoms with Gasteiger partial charge in [0.25, 0.3) is 0 Å². The van der Waals surface area contributed by atoms with Crippen molar-refractivity contribution in [3.8, 4) is 0 Å². The molecule has 2 N–H and O–H groups in total. The molecule has 3 rings (SSSR count). The van der Waals surface area contributed by atoms with Crippen LogP contribution in [0.3, 0.4) is 0 Å². The normalized spacial score (nSPS) is 11.0. The fraction of sp³-hybridized carbons (Fsp3) is 0.158. The van der Waals surface area contributed by atoms with Crippen molar-refractivity contribution in [1.29, 1.82) is 0 Å². The molecule has 134 valence electrons. The van der Waals surface area contributed by atoms with E-state index in [1.54, 1.807) is 28.8 Å². The van der Waals surface area contributed by atoms with Crippen LogP contribution in [0, 0.1) is 0 Å². The number of rotatable bonds is 5. The van der Waals surface area contributed by atoms with Crippen LogP contribution in [0.1, 0.15) is 21.5 Å². The van der Waals surface area contributed by atoms with Crippen molar-refractivity contribution in [2.75, 3.05) is 6.61 Å². The first-order chi connectivity index (χ1) is 12.4. The van der Waals surface area contributed by atoms with Crippen molar-refractivity contribution in [2.45, 2.75) is 13.0 Å². The number of hydrogen-bond acceptors (Lipinski definition) is 3. The minimum absolute atomic E-state index is 0.167. The highest BCUT2D eigenvalue weighted by molar-refractivity contribution is 6.35. The van der Waals surface area contributed by atoms with Gasteiger partial charge in [-0.2, -0.15) is 0 Å². The lowest BCUT2D eigenvalue weighted by molar-refractivity contribution is 0.0694. The predicted octanol–water partition coefficient (Wildman–Crippen LogP) is 3.59. The average Bonchev–Trinajstić information content (AvgIpc) is 2.60. The number of aromatic nitrogens is 1. The summed E-state index contributed by atoms with van der Waals surface area (Å²) in [7, 11) is 0. The lowest BCUT2D eigenvalue weighted by Gasteiger charge is -2.12. The first-order valence-electron chi connectivity index (χ1n) is 7.85. The first-order valence-corrected chi connectivity index (χ1v) is 8.60. The summed E-state index contributed by atoms with van der Waals surface area (Å²) in [6.45, 7) is 0.0264. The summed E-state index contributed by atoms with van der Waals surface area (Å²) in [6, 6.07) is 10.5. The minimum Gasteiger partial charge on any atom is -0.477 e. The second kappa shape index (κ2) is 7.50. The van der Waals surface area contributed by atoms with Gasteiger partial charge in [0, 0.05) is 28.2 Å². The Balaban J connectivity index is 2.13. The van der Waals surface area contributed by atoms with E-state index in [2.05, 4.69) is 0 Å². The molecular formula is C19H15Cl2NO4. The summed E-state index contributed by atoms with van der Waals surface area (Å²) in [4.78, 5) is 23.9. The Labute approximate surface area is 159 Å². The number of pyridine rings is 1. The highest BCUT2D eigenvalue weighted by atomic mass is 35.5. The first kappa shape index (κ1) is 18.5. The number of halogens is 2. The number of benzene rings is 2. The third kappa shape index (κ3) is 3.60. The Hall–Kier alpha value is -2.34. The van der Waals surface area contributed by atoms with Gasteiger partial charge < -0.3 is 14.8 Å². The van der Waals surface area contributed by atoms with E-state index in [9.17, 15) is 19.8 Å². The van der Waals surface area contributed by atoms with Crippen molar-refractivity contribution in [1.82, 2.24) is 4.57 Å². The number of carbonyl (C=O) groups is 1. The molecular weight excluding hydrogens is 377 g/mol. The van der Waals surface area contributed by atoms with Gasteiger partial charge in [-0.05, 0) is 41.8 Å². The molecule has 5 nitrogen and oxygen atoms in total. The number of aromatic carboxylic acids is 1. The van der Waals surface area contributed by atoms with Gasteiger partial charge in [-0.25, -0.2) is 4.79 Å². The molecule has 0 aliphatic heterocycles. The van der Waals surface area contributed by atoms with Crippen LogP contribution < -0.4 is 5.43 Å². The Morgan fingerprint density at radius 3 is 2.54 bits per heavy atom. The lowest BCUT2D eigenvalue weighted by Crippen LogP contribution is -2.19. The van der Waals surface area contributed by atoms with E-state index >= 15 is 0 Å². The van der Waals surface area contributed by atoms with Gasteiger partial charge in [0.15, 0.2) is 0 Å². The molecule has 0 fully saturated rings. The van der Waals surface area contributed by atoms with E-state index in [1.807, 2.05) is 12.1 Å². The summed E-state index contributed by atoms with van der Waals surface area (Å²) >= 11 is 12.1. The highest BCUT2D eigenvalue weighted by Crippen LogP contribution is 2.24. The van der Waals surface area contributed by atoms with Crippen LogP contribution >= 0.6 is 23.2 Å². The van der Waals surface area contributed by atoms with Crippen molar-refractivity contribution >= 4 is 40.1 Å². The van der Waals surface area contributed by atoms with Gasteiger partial charge in [-0.1, -0.05) is 35.3 Å². The van der Waals surface area contributed by atoms with Crippen LogP contribution in [0.25, 0.3) is 10.9 Å². The second-order valence-corrected chi connectivity index (χ2v) is 6.70. The maximum atomic E-state index is 12.5. The molecule has 7 heteroatoms. The van der Waals surface area contributed by atoms with E-state index in [0.29, 0.717) is 27.4 Å². The fourth-order valence-corrected chi connectivity index (χ4v) is 3.36. The highest BCUT2D eigenvalue weighted by Gasteiger charge is 2.15. The number of aliphatic hydroxyl groups excluding tert-OH is 1. The molecule has 26 heavy (non-hydrogen) atoms. The van der Waals surface area contributed by atoms with Gasteiger partial charge in [0.2, 0.25) is 5.43 Å². The largest absolute Gasteiger partial charge is 0.477 e. The zero-order valence-electron chi connectivity index (χ0n) is 13.6. The van der Waals surface area contributed by atoms with Crippen LogP contribution in [-0.4, -0.2) is 27.4 Å². The summed E-state index contributed by atoms with van der Waals surface area (Å²) in [5.41, 5.74) is 1.36. The molecule has 0 radical (unpaired) electrons. The molecule has 0 aliphatic rings. The molecule has 1 heterocycles. The number of nitrogens with zero attached hydrogens (tertiary/aromatic N) is 1. The van der Waals surface area contributed by atoms with Crippen LogP contribution in [0.15, 0.2) is 47.4 Å². The smallest absolute Gasteiger partial charge is 0.341 e. The SMILES string of the molecule is O=C(O)c1cn(CCO)c2ccc(Cc3ccc(Cl)cc3Cl)cc2c1=O. The minimum atomic E-state index is -1.30. The summed E-state index contributed by atoms with van der Waals surface area (Å²) in [5, 5.41) is 19.8. The predicted molar refractivity (Wildman–Crippen MR) is 102 cm³/mol. The lowest BCUT2D eigenvalue weighted by atomic mass is 10.0. The van der Waals surface area contributed by atoms with Crippen LogP contribution in [-0.2, 0) is 13.0 Å². The van der Waals surface area contributed by atoms with Gasteiger partial charge in [0.1, 0.15) is 5.56 Å². The number of hydrogen-bond donors (Lipinski definition) is 2. The Bertz CT molecular complexity index is 1060. The Kier molecular flexibility index (Phi) is 5.32. The maximum Gasteiger partial charge on any atom is 0.341 e. The fourth-order valence-electron chi connectivity index (χ4n) is 2.88. The Morgan fingerprint density at radius 2 is 1.88 bits per heavy atom. The van der Waals surface area contributed by atoms with Crippen molar-refractivity contribution in [3.05, 3.63) is 79.6 Å². The monoisotopic (exact) mass is 391 g/mol. The van der Waals surface area contributed by atoms with Crippen LogP contribution in [0.4, 0.5) is 0 Å². The molecule has 0 saturated carbocycles.